The predicted molar refractivity (Wildman–Crippen MR) is 131 cm³/mol. The first-order chi connectivity index (χ1) is 18.5. The van der Waals surface area contributed by atoms with E-state index < -0.39 is 41.8 Å². The van der Waals surface area contributed by atoms with Gasteiger partial charge in [0, 0.05) is 29.9 Å². The van der Waals surface area contributed by atoms with E-state index in [1.165, 1.54) is 30.5 Å². The van der Waals surface area contributed by atoms with E-state index >= 15 is 0 Å². The summed E-state index contributed by atoms with van der Waals surface area (Å²) in [5, 5.41) is 11.3. The van der Waals surface area contributed by atoms with Crippen molar-refractivity contribution >= 4 is 11.9 Å². The van der Waals surface area contributed by atoms with Gasteiger partial charge in [-0.25, -0.2) is 14.6 Å². The standard InChI is InChI=1S/C26H19F3N4O6/c27-26(28,29)39-21-10-16(17-8-9-19(24(36)37)30-12-17)6-7-18(21)13-31-23(35)20-11-22(34)33(25(38)32-20)14-15-4-2-1-3-5-15/h1-12H,13-14H2,(H,31,35)(H,32,38)(H,36,37). The molecule has 0 unspecified atom stereocenters. The third-order valence-electron chi connectivity index (χ3n) is 5.50. The van der Waals surface area contributed by atoms with Gasteiger partial charge in [-0.05, 0) is 23.3 Å². The number of carbonyl (C=O) groups is 2. The van der Waals surface area contributed by atoms with Gasteiger partial charge < -0.3 is 20.1 Å². The maximum Gasteiger partial charge on any atom is 0.573 e. The van der Waals surface area contributed by atoms with Crippen molar-refractivity contribution in [1.29, 1.82) is 0 Å². The Morgan fingerprint density at radius 1 is 1.00 bits per heavy atom. The fourth-order valence-electron chi connectivity index (χ4n) is 3.62. The number of alkyl halides is 3. The van der Waals surface area contributed by atoms with Gasteiger partial charge >= 0.3 is 18.0 Å². The number of aromatic carboxylic acids is 1. The highest BCUT2D eigenvalue weighted by molar-refractivity contribution is 5.92. The van der Waals surface area contributed by atoms with Crippen LogP contribution in [0.1, 0.15) is 32.1 Å². The Bertz CT molecular complexity index is 1600. The lowest BCUT2D eigenvalue weighted by molar-refractivity contribution is -0.274. The number of ether oxygens (including phenoxy) is 1. The van der Waals surface area contributed by atoms with Crippen molar-refractivity contribution in [2.24, 2.45) is 0 Å². The van der Waals surface area contributed by atoms with Crippen molar-refractivity contribution in [2.45, 2.75) is 19.5 Å². The molecule has 4 aromatic rings. The van der Waals surface area contributed by atoms with Gasteiger partial charge in [0.25, 0.3) is 11.5 Å². The van der Waals surface area contributed by atoms with Crippen LogP contribution >= 0.6 is 0 Å². The monoisotopic (exact) mass is 540 g/mol. The van der Waals surface area contributed by atoms with E-state index in [0.717, 1.165) is 16.7 Å². The molecule has 1 amide bonds. The molecule has 0 aliphatic rings. The zero-order chi connectivity index (χ0) is 28.2. The second kappa shape index (κ2) is 11.0. The van der Waals surface area contributed by atoms with Gasteiger partial charge in [-0.1, -0.05) is 48.5 Å². The van der Waals surface area contributed by atoms with Crippen molar-refractivity contribution in [1.82, 2.24) is 19.9 Å². The number of hydrogen-bond acceptors (Lipinski definition) is 6. The molecule has 0 atom stereocenters. The van der Waals surface area contributed by atoms with Gasteiger partial charge in [0.1, 0.15) is 17.1 Å². The number of nitrogens with zero attached hydrogens (tertiary/aromatic N) is 2. The number of benzene rings is 2. The summed E-state index contributed by atoms with van der Waals surface area (Å²) in [6.07, 6.45) is -3.86. The van der Waals surface area contributed by atoms with E-state index in [1.54, 1.807) is 30.3 Å². The molecule has 0 fully saturated rings. The van der Waals surface area contributed by atoms with Crippen molar-refractivity contribution in [3.05, 3.63) is 116 Å². The van der Waals surface area contributed by atoms with Crippen LogP contribution in [-0.4, -0.2) is 37.9 Å². The van der Waals surface area contributed by atoms with Gasteiger partial charge in [0.15, 0.2) is 0 Å². The summed E-state index contributed by atoms with van der Waals surface area (Å²) in [7, 11) is 0. The number of halogens is 3. The number of carboxylic acid groups (broad SMARTS) is 1. The van der Waals surface area contributed by atoms with Crippen molar-refractivity contribution in [2.75, 3.05) is 0 Å². The minimum atomic E-state index is -5.04. The van der Waals surface area contributed by atoms with Crippen LogP contribution in [0.2, 0.25) is 0 Å². The summed E-state index contributed by atoms with van der Waals surface area (Å²) < 4.78 is 44.3. The number of carbonyl (C=O) groups excluding carboxylic acids is 1. The fraction of sp³-hybridized carbons (Fsp3) is 0.115. The Balaban J connectivity index is 1.54. The minimum absolute atomic E-state index is 0.0179. The molecule has 3 N–H and O–H groups in total. The van der Waals surface area contributed by atoms with Gasteiger partial charge in [-0.2, -0.15) is 0 Å². The van der Waals surface area contributed by atoms with E-state index in [2.05, 4.69) is 20.0 Å². The molecular formula is C26H19F3N4O6. The molecule has 0 radical (unpaired) electrons. The van der Waals surface area contributed by atoms with E-state index in [-0.39, 0.29) is 29.1 Å². The lowest BCUT2D eigenvalue weighted by atomic mass is 10.0. The number of rotatable bonds is 8. The largest absolute Gasteiger partial charge is 0.573 e. The lowest BCUT2D eigenvalue weighted by Crippen LogP contribution is -2.38. The van der Waals surface area contributed by atoms with Gasteiger partial charge in [0.2, 0.25) is 0 Å². The molecule has 200 valence electrons. The first-order valence-electron chi connectivity index (χ1n) is 11.2. The smallest absolute Gasteiger partial charge is 0.477 e. The fourth-order valence-corrected chi connectivity index (χ4v) is 3.62. The average Bonchev–Trinajstić information content (AvgIpc) is 2.89. The highest BCUT2D eigenvalue weighted by atomic mass is 19.4. The highest BCUT2D eigenvalue weighted by Gasteiger charge is 2.32. The van der Waals surface area contributed by atoms with Crippen LogP contribution in [0.25, 0.3) is 11.1 Å². The summed E-state index contributed by atoms with van der Waals surface area (Å²) in [5.74, 6) is -2.77. The zero-order valence-corrected chi connectivity index (χ0v) is 19.9. The molecule has 39 heavy (non-hydrogen) atoms. The van der Waals surface area contributed by atoms with Crippen LogP contribution < -0.4 is 21.3 Å². The number of aromatic nitrogens is 3. The van der Waals surface area contributed by atoms with Gasteiger partial charge in [0.05, 0.1) is 6.54 Å². The third-order valence-corrected chi connectivity index (χ3v) is 5.50. The Morgan fingerprint density at radius 3 is 2.33 bits per heavy atom. The summed E-state index contributed by atoms with van der Waals surface area (Å²) in [6, 6.07) is 16.0. The maximum atomic E-state index is 13.1. The Hall–Kier alpha value is -5.20. The quantitative estimate of drug-likeness (QED) is 0.312. The number of amides is 1. The molecular weight excluding hydrogens is 521 g/mol. The van der Waals surface area contributed by atoms with Crippen molar-refractivity contribution < 1.29 is 32.6 Å². The molecule has 0 bridgehead atoms. The van der Waals surface area contributed by atoms with Crippen molar-refractivity contribution in [3.8, 4) is 16.9 Å². The van der Waals surface area contributed by atoms with E-state index in [0.29, 0.717) is 11.1 Å². The molecule has 4 rings (SSSR count). The van der Waals surface area contributed by atoms with Gasteiger partial charge in [-0.3, -0.25) is 14.2 Å². The molecule has 0 saturated heterocycles. The Labute approximate surface area is 217 Å². The molecule has 2 heterocycles. The number of aromatic amines is 1. The Morgan fingerprint density at radius 2 is 1.72 bits per heavy atom. The van der Waals surface area contributed by atoms with Crippen LogP contribution in [-0.2, 0) is 13.1 Å². The number of pyridine rings is 1. The molecule has 13 heteroatoms. The normalized spacial score (nSPS) is 11.2. The first-order valence-corrected chi connectivity index (χ1v) is 11.2. The second-order valence-electron chi connectivity index (χ2n) is 8.19. The first kappa shape index (κ1) is 26.9. The van der Waals surface area contributed by atoms with E-state index in [9.17, 15) is 32.3 Å². The minimum Gasteiger partial charge on any atom is -0.477 e. The molecule has 2 aromatic carbocycles. The van der Waals surface area contributed by atoms with Crippen LogP contribution in [0.3, 0.4) is 0 Å². The predicted octanol–water partition coefficient (Wildman–Crippen LogP) is 3.17. The van der Waals surface area contributed by atoms with Crippen LogP contribution in [0, 0.1) is 0 Å². The molecule has 0 saturated carbocycles. The van der Waals surface area contributed by atoms with Crippen LogP contribution in [0.5, 0.6) is 5.75 Å². The molecule has 0 aliphatic carbocycles. The summed E-state index contributed by atoms with van der Waals surface area (Å²) >= 11 is 0. The average molecular weight is 540 g/mol. The van der Waals surface area contributed by atoms with Crippen molar-refractivity contribution in [3.63, 3.8) is 0 Å². The van der Waals surface area contributed by atoms with Crippen LogP contribution in [0.15, 0.2) is 82.5 Å². The number of nitrogens with one attached hydrogen (secondary N) is 2. The number of carboxylic acids is 1. The lowest BCUT2D eigenvalue weighted by Gasteiger charge is -2.15. The summed E-state index contributed by atoms with van der Waals surface area (Å²) in [6.45, 7) is -0.453. The molecule has 0 spiro atoms. The number of hydrogen-bond donors (Lipinski definition) is 3. The van der Waals surface area contributed by atoms with E-state index in [4.69, 9.17) is 5.11 Å². The SMILES string of the molecule is O=C(O)c1ccc(-c2ccc(CNC(=O)c3cc(=O)n(Cc4ccccc4)c(=O)[nH]3)c(OC(F)(F)F)c2)cn1. The van der Waals surface area contributed by atoms with E-state index in [1.807, 2.05) is 0 Å². The maximum absolute atomic E-state index is 13.1. The highest BCUT2D eigenvalue weighted by Crippen LogP contribution is 2.31. The Kier molecular flexibility index (Phi) is 7.60. The zero-order valence-electron chi connectivity index (χ0n) is 19.9. The van der Waals surface area contributed by atoms with Crippen LogP contribution in [0.4, 0.5) is 13.2 Å². The number of H-pyrrole nitrogens is 1. The topological polar surface area (TPSA) is 143 Å². The second-order valence-corrected chi connectivity index (χ2v) is 8.19. The summed E-state index contributed by atoms with van der Waals surface area (Å²) in [4.78, 5) is 54.5. The van der Waals surface area contributed by atoms with Gasteiger partial charge in [-0.15, -0.1) is 13.2 Å². The summed E-state index contributed by atoms with van der Waals surface area (Å²) in [5.41, 5.74) is -0.957. The molecule has 10 nitrogen and oxygen atoms in total. The molecule has 0 aliphatic heterocycles. The third kappa shape index (κ3) is 6.77. The molecule has 2 aromatic heterocycles.